The standard InChI is InChI=1S/C22H28N6S/c29-22(23-18-8-9-18)26-21-24-19(27-11-4-1-5-12-27)14-20(25-21)28-13-10-16-6-2-3-7-17(16)15-28/h2-3,6-7,14,18H,1,4-5,8-13,15H2,(H2,23,24,25,26,29). The van der Waals surface area contributed by atoms with Gasteiger partial charge in [-0.1, -0.05) is 24.3 Å². The van der Waals surface area contributed by atoms with Gasteiger partial charge in [-0.25, -0.2) is 0 Å². The van der Waals surface area contributed by atoms with Crippen molar-refractivity contribution >= 4 is 34.9 Å². The fraction of sp³-hybridized carbons (Fsp3) is 0.500. The molecule has 3 heterocycles. The number of hydrogen-bond donors (Lipinski definition) is 2. The summed E-state index contributed by atoms with van der Waals surface area (Å²) in [6.45, 7) is 3.97. The van der Waals surface area contributed by atoms with Gasteiger partial charge >= 0.3 is 0 Å². The van der Waals surface area contributed by atoms with Crippen LogP contribution in [0.5, 0.6) is 0 Å². The molecule has 1 saturated carbocycles. The Balaban J connectivity index is 1.41. The van der Waals surface area contributed by atoms with Crippen molar-refractivity contribution < 1.29 is 0 Å². The van der Waals surface area contributed by atoms with Gasteiger partial charge in [0.1, 0.15) is 11.6 Å². The van der Waals surface area contributed by atoms with Crippen molar-refractivity contribution in [3.05, 3.63) is 41.5 Å². The highest BCUT2D eigenvalue weighted by molar-refractivity contribution is 7.80. The molecule has 2 aromatic rings. The first-order chi connectivity index (χ1) is 14.2. The lowest BCUT2D eigenvalue weighted by molar-refractivity contribution is 0.573. The van der Waals surface area contributed by atoms with E-state index in [2.05, 4.69) is 50.8 Å². The zero-order valence-electron chi connectivity index (χ0n) is 16.7. The first kappa shape index (κ1) is 18.6. The highest BCUT2D eigenvalue weighted by Gasteiger charge is 2.24. The second-order valence-corrected chi connectivity index (χ2v) is 8.68. The molecule has 0 atom stereocenters. The molecule has 3 aliphatic rings. The lowest BCUT2D eigenvalue weighted by Gasteiger charge is -2.32. The molecular formula is C22H28N6S. The van der Waals surface area contributed by atoms with E-state index < -0.39 is 0 Å². The Morgan fingerprint density at radius 1 is 0.931 bits per heavy atom. The molecule has 5 rings (SSSR count). The van der Waals surface area contributed by atoms with E-state index in [1.54, 1.807) is 0 Å². The maximum absolute atomic E-state index is 5.47. The number of fused-ring (bicyclic) bond motifs is 1. The van der Waals surface area contributed by atoms with Gasteiger partial charge in [0.15, 0.2) is 5.11 Å². The maximum Gasteiger partial charge on any atom is 0.232 e. The average molecular weight is 409 g/mol. The zero-order chi connectivity index (χ0) is 19.6. The molecule has 2 fully saturated rings. The number of benzene rings is 1. The van der Waals surface area contributed by atoms with Crippen LogP contribution in [0.2, 0.25) is 0 Å². The third-order valence-electron chi connectivity index (χ3n) is 5.97. The highest BCUT2D eigenvalue weighted by atomic mass is 32.1. The summed E-state index contributed by atoms with van der Waals surface area (Å²) in [6.07, 6.45) is 7.17. The van der Waals surface area contributed by atoms with Crippen LogP contribution in [0.4, 0.5) is 17.6 Å². The molecule has 0 unspecified atom stereocenters. The number of thiocarbonyl (C=S) groups is 1. The second kappa shape index (κ2) is 8.14. The fourth-order valence-corrected chi connectivity index (χ4v) is 4.42. The number of piperidine rings is 1. The van der Waals surface area contributed by atoms with Crippen LogP contribution in [0, 0.1) is 0 Å². The van der Waals surface area contributed by atoms with Gasteiger partial charge in [-0.05, 0) is 61.9 Å². The number of anilines is 3. The van der Waals surface area contributed by atoms with Gasteiger partial charge in [-0.3, -0.25) is 0 Å². The Hall–Kier alpha value is -2.41. The lowest BCUT2D eigenvalue weighted by Crippen LogP contribution is -2.34. The average Bonchev–Trinajstić information content (AvgIpc) is 3.57. The summed E-state index contributed by atoms with van der Waals surface area (Å²) in [4.78, 5) is 14.4. The van der Waals surface area contributed by atoms with Crippen LogP contribution < -0.4 is 20.4 Å². The van der Waals surface area contributed by atoms with Gasteiger partial charge in [-0.2, -0.15) is 9.97 Å². The number of rotatable bonds is 4. The van der Waals surface area contributed by atoms with E-state index in [1.807, 2.05) is 0 Å². The highest BCUT2D eigenvalue weighted by Crippen LogP contribution is 2.28. The largest absolute Gasteiger partial charge is 0.360 e. The van der Waals surface area contributed by atoms with E-state index in [0.717, 1.165) is 44.2 Å². The van der Waals surface area contributed by atoms with Gasteiger partial charge in [0.2, 0.25) is 5.95 Å². The molecule has 2 N–H and O–H groups in total. The normalized spacial score (nSPS) is 18.9. The topological polar surface area (TPSA) is 56.3 Å². The minimum Gasteiger partial charge on any atom is -0.360 e. The molecule has 0 spiro atoms. The Bertz CT molecular complexity index is 891. The predicted molar refractivity (Wildman–Crippen MR) is 122 cm³/mol. The first-order valence-corrected chi connectivity index (χ1v) is 11.2. The lowest BCUT2D eigenvalue weighted by atomic mass is 10.00. The van der Waals surface area contributed by atoms with Gasteiger partial charge in [0.25, 0.3) is 0 Å². The SMILES string of the molecule is S=C(Nc1nc(N2CCCCC2)cc(N2CCc3ccccc3C2)n1)NC1CC1. The zero-order valence-corrected chi connectivity index (χ0v) is 17.5. The summed E-state index contributed by atoms with van der Waals surface area (Å²) < 4.78 is 0. The van der Waals surface area contributed by atoms with Crippen molar-refractivity contribution in [2.24, 2.45) is 0 Å². The molecule has 0 radical (unpaired) electrons. The minimum absolute atomic E-state index is 0.512. The van der Waals surface area contributed by atoms with E-state index in [-0.39, 0.29) is 0 Å². The van der Waals surface area contributed by atoms with Crippen LogP contribution in [0.3, 0.4) is 0 Å². The van der Waals surface area contributed by atoms with Crippen molar-refractivity contribution in [2.75, 3.05) is 34.8 Å². The van der Waals surface area contributed by atoms with Crippen LogP contribution >= 0.6 is 12.2 Å². The van der Waals surface area contributed by atoms with Crippen molar-refractivity contribution in [3.8, 4) is 0 Å². The third kappa shape index (κ3) is 4.45. The molecule has 29 heavy (non-hydrogen) atoms. The molecule has 2 aliphatic heterocycles. The van der Waals surface area contributed by atoms with Crippen LogP contribution in [0.15, 0.2) is 30.3 Å². The molecule has 152 valence electrons. The summed E-state index contributed by atoms with van der Waals surface area (Å²) in [5.41, 5.74) is 2.83. The van der Waals surface area contributed by atoms with Crippen molar-refractivity contribution in [1.82, 2.24) is 15.3 Å². The van der Waals surface area contributed by atoms with E-state index in [4.69, 9.17) is 22.2 Å². The molecule has 0 bridgehead atoms. The molecule has 6 nitrogen and oxygen atoms in total. The summed E-state index contributed by atoms with van der Waals surface area (Å²) in [6, 6.07) is 11.4. The van der Waals surface area contributed by atoms with Crippen LogP contribution in [0.1, 0.15) is 43.2 Å². The molecule has 1 aliphatic carbocycles. The Kier molecular flexibility index (Phi) is 5.23. The van der Waals surface area contributed by atoms with Crippen LogP contribution in [0.25, 0.3) is 0 Å². The fourth-order valence-electron chi connectivity index (χ4n) is 4.17. The molecule has 1 aromatic carbocycles. The minimum atomic E-state index is 0.512. The van der Waals surface area contributed by atoms with Crippen molar-refractivity contribution in [1.29, 1.82) is 0 Å². The number of nitrogens with zero attached hydrogens (tertiary/aromatic N) is 4. The van der Waals surface area contributed by atoms with E-state index in [9.17, 15) is 0 Å². The van der Waals surface area contributed by atoms with E-state index in [1.165, 1.54) is 43.2 Å². The predicted octanol–water partition coefficient (Wildman–Crippen LogP) is 3.48. The molecule has 1 aromatic heterocycles. The monoisotopic (exact) mass is 408 g/mol. The third-order valence-corrected chi connectivity index (χ3v) is 6.19. The first-order valence-electron chi connectivity index (χ1n) is 10.8. The van der Waals surface area contributed by atoms with Gasteiger partial charge < -0.3 is 20.4 Å². The van der Waals surface area contributed by atoms with Crippen LogP contribution in [-0.4, -0.2) is 40.8 Å². The molecule has 7 heteroatoms. The van der Waals surface area contributed by atoms with Gasteiger partial charge in [0.05, 0.1) is 0 Å². The smallest absolute Gasteiger partial charge is 0.232 e. The number of aromatic nitrogens is 2. The molecular weight excluding hydrogens is 380 g/mol. The number of hydrogen-bond acceptors (Lipinski definition) is 5. The summed E-state index contributed by atoms with van der Waals surface area (Å²) in [5, 5.41) is 7.19. The maximum atomic E-state index is 5.47. The second-order valence-electron chi connectivity index (χ2n) is 8.27. The summed E-state index contributed by atoms with van der Waals surface area (Å²) in [5.74, 6) is 2.58. The Labute approximate surface area is 177 Å². The quantitative estimate of drug-likeness (QED) is 0.751. The van der Waals surface area contributed by atoms with Crippen molar-refractivity contribution in [3.63, 3.8) is 0 Å². The van der Waals surface area contributed by atoms with Gasteiger partial charge in [0, 0.05) is 38.3 Å². The molecule has 0 amide bonds. The Morgan fingerprint density at radius 2 is 1.66 bits per heavy atom. The van der Waals surface area contributed by atoms with Gasteiger partial charge in [-0.15, -0.1) is 0 Å². The summed E-state index contributed by atoms with van der Waals surface area (Å²) in [7, 11) is 0. The van der Waals surface area contributed by atoms with E-state index >= 15 is 0 Å². The molecule has 1 saturated heterocycles. The number of nitrogens with one attached hydrogen (secondary N) is 2. The Morgan fingerprint density at radius 3 is 2.41 bits per heavy atom. The van der Waals surface area contributed by atoms with Crippen molar-refractivity contribution in [2.45, 2.75) is 51.1 Å². The van der Waals surface area contributed by atoms with E-state index in [0.29, 0.717) is 17.1 Å². The van der Waals surface area contributed by atoms with Crippen LogP contribution in [-0.2, 0) is 13.0 Å². The summed E-state index contributed by atoms with van der Waals surface area (Å²) >= 11 is 5.47.